The van der Waals surface area contributed by atoms with E-state index in [4.69, 9.17) is 14.2 Å². The van der Waals surface area contributed by atoms with Crippen molar-refractivity contribution >= 4 is 103 Å². The van der Waals surface area contributed by atoms with E-state index in [-0.39, 0.29) is 5.97 Å². The summed E-state index contributed by atoms with van der Waals surface area (Å²) in [5, 5.41) is 8.21. The van der Waals surface area contributed by atoms with Gasteiger partial charge in [0.1, 0.15) is 16.4 Å². The molecule has 61 heavy (non-hydrogen) atoms. The maximum Gasteiger partial charge on any atom is 0.348 e. The van der Waals surface area contributed by atoms with Gasteiger partial charge >= 0.3 is 5.97 Å². The topological polar surface area (TPSA) is 44.8 Å². The summed E-state index contributed by atoms with van der Waals surface area (Å²) in [5.41, 5.74) is 0. The average Bonchev–Trinajstić information content (AvgIpc) is 4.04. The molecule has 0 radical (unpaired) electrons. The zero-order chi connectivity index (χ0) is 42.6. The zero-order valence-electron chi connectivity index (χ0n) is 37.6. The van der Waals surface area contributed by atoms with Gasteiger partial charge in [0.15, 0.2) is 0 Å². The molecule has 7 aromatic rings. The Morgan fingerprint density at radius 3 is 1.49 bits per heavy atom. The van der Waals surface area contributed by atoms with Gasteiger partial charge in [-0.2, -0.15) is 0 Å². The number of hydrogen-bond acceptors (Lipinski definition) is 8. The Morgan fingerprint density at radius 2 is 0.967 bits per heavy atom. The fourth-order valence-electron chi connectivity index (χ4n) is 8.86. The van der Waals surface area contributed by atoms with Gasteiger partial charge in [0, 0.05) is 55.7 Å². The molecule has 7 rings (SSSR count). The molecule has 0 unspecified atom stereocenters. The van der Waals surface area contributed by atoms with Crippen molar-refractivity contribution in [3.63, 3.8) is 0 Å². The third-order valence-corrected chi connectivity index (χ3v) is 16.9. The van der Waals surface area contributed by atoms with Crippen molar-refractivity contribution in [1.29, 1.82) is 0 Å². The van der Waals surface area contributed by atoms with Crippen LogP contribution in [-0.2, 0) is 4.74 Å². The van der Waals surface area contributed by atoms with Crippen LogP contribution in [0, 0.1) is 13.8 Å². The Morgan fingerprint density at radius 1 is 0.492 bits per heavy atom. The van der Waals surface area contributed by atoms with Gasteiger partial charge in [-0.05, 0) is 86.8 Å². The minimum atomic E-state index is -0.237. The van der Waals surface area contributed by atoms with E-state index in [0.717, 1.165) is 51.3 Å². The first-order valence-corrected chi connectivity index (χ1v) is 27.0. The van der Waals surface area contributed by atoms with Crippen LogP contribution in [0.4, 0.5) is 0 Å². The Hall–Kier alpha value is -3.17. The molecule has 4 heterocycles. The smallest absolute Gasteiger partial charge is 0.348 e. The Kier molecular flexibility index (Phi) is 17.3. The molecule has 4 nitrogen and oxygen atoms in total. The molecule has 0 amide bonds. The van der Waals surface area contributed by atoms with E-state index in [0.29, 0.717) is 24.7 Å². The second-order valence-corrected chi connectivity index (χ2v) is 21.8. The highest BCUT2D eigenvalue weighted by molar-refractivity contribution is 7.30. The van der Waals surface area contributed by atoms with Crippen molar-refractivity contribution in [2.75, 3.05) is 19.8 Å². The van der Waals surface area contributed by atoms with Crippen molar-refractivity contribution in [2.24, 2.45) is 0 Å². The molecule has 328 valence electrons. The summed E-state index contributed by atoms with van der Waals surface area (Å²) in [6.07, 6.45) is 26.1. The normalized spacial score (nSPS) is 12.0. The van der Waals surface area contributed by atoms with Gasteiger partial charge in [0.2, 0.25) is 0 Å². The van der Waals surface area contributed by atoms with Crippen LogP contribution in [-0.4, -0.2) is 25.8 Å². The summed E-state index contributed by atoms with van der Waals surface area (Å²) < 4.78 is 23.1. The number of hydrogen-bond donors (Lipinski definition) is 0. The molecule has 0 atom stereocenters. The lowest BCUT2D eigenvalue weighted by Gasteiger charge is -2.19. The lowest BCUT2D eigenvalue weighted by Crippen LogP contribution is -2.02. The van der Waals surface area contributed by atoms with Crippen molar-refractivity contribution in [1.82, 2.24) is 0 Å². The van der Waals surface area contributed by atoms with Crippen LogP contribution in [0.3, 0.4) is 0 Å². The highest BCUT2D eigenvalue weighted by Gasteiger charge is 2.23. The minimum absolute atomic E-state index is 0.237. The first-order valence-electron chi connectivity index (χ1n) is 23.7. The molecule has 0 fully saturated rings. The molecule has 4 aromatic heterocycles. The molecule has 0 aliphatic rings. The highest BCUT2D eigenvalue weighted by atomic mass is 32.1. The van der Waals surface area contributed by atoms with Crippen molar-refractivity contribution in [3.05, 3.63) is 57.1 Å². The van der Waals surface area contributed by atoms with Crippen LogP contribution in [0.25, 0.3) is 61.6 Å². The zero-order valence-corrected chi connectivity index (χ0v) is 40.8. The first-order chi connectivity index (χ1) is 29.9. The fourth-order valence-corrected chi connectivity index (χ4v) is 13.3. The second-order valence-electron chi connectivity index (χ2n) is 17.1. The van der Waals surface area contributed by atoms with Gasteiger partial charge in [-0.25, -0.2) is 4.79 Å². The van der Waals surface area contributed by atoms with Crippen LogP contribution >= 0.6 is 45.3 Å². The largest absolute Gasteiger partial charge is 0.492 e. The van der Waals surface area contributed by atoms with E-state index in [2.05, 4.69) is 64.1 Å². The number of esters is 1. The Balaban J connectivity index is 1.19. The average molecular weight is 897 g/mol. The number of fused-ring (bicyclic) bond motifs is 5. The molecule has 0 aliphatic carbocycles. The standard InChI is InChI=1S/C53H68O4S4/c1-6-9-11-13-15-17-19-21-23-25-27-56-49-40-30-38-29-36(4)58-45(38)33-42(40)50(57-28-26-24-22-20-18-16-14-12-10-7-2)41-31-39-32-47(60-46(39)34-43(41)49)52-44-35-48(53(54)55-8-3)61-51(44)37(5)59-52/h29-35H,6-28H2,1-5H3. The number of thiophene rings is 4. The van der Waals surface area contributed by atoms with Crippen molar-refractivity contribution in [3.8, 4) is 21.3 Å². The predicted octanol–water partition coefficient (Wildman–Crippen LogP) is 18.8. The molecule has 0 spiro atoms. The monoisotopic (exact) mass is 896 g/mol. The molecule has 0 aliphatic heterocycles. The van der Waals surface area contributed by atoms with Crippen LogP contribution in [0.2, 0.25) is 0 Å². The first kappa shape index (κ1) is 45.8. The fraction of sp³-hybridized carbons (Fsp3) is 0.528. The number of rotatable bonds is 27. The molecular weight excluding hydrogens is 829 g/mol. The van der Waals surface area contributed by atoms with Gasteiger partial charge in [-0.3, -0.25) is 0 Å². The van der Waals surface area contributed by atoms with Gasteiger partial charge in [0.05, 0.1) is 24.7 Å². The quantitative estimate of drug-likeness (QED) is 0.0293. The molecule has 0 bridgehead atoms. The van der Waals surface area contributed by atoms with Gasteiger partial charge in [0.25, 0.3) is 0 Å². The van der Waals surface area contributed by atoms with Crippen LogP contribution in [0.1, 0.15) is 169 Å². The number of carbonyl (C=O) groups excluding carboxylic acids is 1. The molecule has 8 heteroatoms. The van der Waals surface area contributed by atoms with Crippen molar-refractivity contribution in [2.45, 2.75) is 163 Å². The van der Waals surface area contributed by atoms with E-state index in [1.807, 2.05) is 47.0 Å². The minimum Gasteiger partial charge on any atom is -0.492 e. The molecule has 0 saturated carbocycles. The lowest BCUT2D eigenvalue weighted by atomic mass is 9.98. The maximum atomic E-state index is 12.7. The Labute approximate surface area is 381 Å². The number of benzene rings is 3. The van der Waals surface area contributed by atoms with E-state index in [1.165, 1.54) is 160 Å². The number of carbonyl (C=O) groups is 1. The summed E-state index contributed by atoms with van der Waals surface area (Å²) in [6.45, 7) is 12.6. The number of ether oxygens (including phenoxy) is 3. The SMILES string of the molecule is CCCCCCCCCCCCOc1c2cc3cc(-c4sc(C)c5sc(C(=O)OCC)cc45)sc3cc2c(OCCCCCCCCCCCC)c2cc3cc(C)sc3cc12. The molecule has 3 aromatic carbocycles. The van der Waals surface area contributed by atoms with Gasteiger partial charge in [-0.1, -0.05) is 129 Å². The lowest BCUT2D eigenvalue weighted by molar-refractivity contribution is 0.0532. The summed E-state index contributed by atoms with van der Waals surface area (Å²) in [4.78, 5) is 18.4. The van der Waals surface area contributed by atoms with Crippen LogP contribution in [0.15, 0.2) is 42.5 Å². The van der Waals surface area contributed by atoms with E-state index in [1.54, 1.807) is 11.3 Å². The molecular formula is C53H68O4S4. The van der Waals surface area contributed by atoms with Gasteiger partial charge < -0.3 is 14.2 Å². The van der Waals surface area contributed by atoms with E-state index in [9.17, 15) is 4.79 Å². The maximum absolute atomic E-state index is 12.7. The summed E-state index contributed by atoms with van der Waals surface area (Å²) >= 11 is 7.06. The third-order valence-electron chi connectivity index (χ3n) is 12.2. The van der Waals surface area contributed by atoms with Crippen molar-refractivity contribution < 1.29 is 19.0 Å². The summed E-state index contributed by atoms with van der Waals surface area (Å²) in [5.74, 6) is 1.74. The molecule has 0 N–H and O–H groups in total. The third kappa shape index (κ3) is 11.5. The van der Waals surface area contributed by atoms with Crippen LogP contribution in [0.5, 0.6) is 11.5 Å². The summed E-state index contributed by atoms with van der Waals surface area (Å²) in [7, 11) is 0. The van der Waals surface area contributed by atoms with E-state index >= 15 is 0 Å². The summed E-state index contributed by atoms with van der Waals surface area (Å²) in [6, 6.07) is 16.2. The van der Waals surface area contributed by atoms with Gasteiger partial charge in [-0.15, -0.1) is 45.3 Å². The predicted molar refractivity (Wildman–Crippen MR) is 271 cm³/mol. The van der Waals surface area contributed by atoms with Crippen LogP contribution < -0.4 is 9.47 Å². The molecule has 0 saturated heterocycles. The Bertz CT molecular complexity index is 2380. The highest BCUT2D eigenvalue weighted by Crippen LogP contribution is 2.50. The second kappa shape index (κ2) is 23.0. The number of unbranched alkanes of at least 4 members (excludes halogenated alkanes) is 18. The number of aryl methyl sites for hydroxylation is 2. The van der Waals surface area contributed by atoms with E-state index < -0.39 is 0 Å².